The van der Waals surface area contributed by atoms with Crippen molar-refractivity contribution in [3.63, 3.8) is 0 Å². The summed E-state index contributed by atoms with van der Waals surface area (Å²) >= 11 is 0. The van der Waals surface area contributed by atoms with Crippen molar-refractivity contribution in [3.8, 4) is 0 Å². The zero-order valence-corrected chi connectivity index (χ0v) is 14.7. The van der Waals surface area contributed by atoms with Gasteiger partial charge < -0.3 is 9.80 Å². The SMILES string of the molecule is C=CN(CC)/C(C(C)=O)=C(/C)[C@@](C)(CC)N(C)/C=N\CC. The third-order valence-electron chi connectivity index (χ3n) is 4.25. The van der Waals surface area contributed by atoms with Crippen LogP contribution >= 0.6 is 0 Å². The van der Waals surface area contributed by atoms with Crippen LogP contribution in [0.25, 0.3) is 0 Å². The summed E-state index contributed by atoms with van der Waals surface area (Å²) in [4.78, 5) is 20.5. The van der Waals surface area contributed by atoms with Crippen molar-refractivity contribution in [3.05, 3.63) is 24.0 Å². The molecule has 0 fully saturated rings. The van der Waals surface area contributed by atoms with Crippen molar-refractivity contribution in [1.82, 2.24) is 9.80 Å². The maximum atomic E-state index is 12.1. The predicted octanol–water partition coefficient (Wildman–Crippen LogP) is 3.46. The van der Waals surface area contributed by atoms with Crippen molar-refractivity contribution in [2.45, 2.75) is 53.5 Å². The second-order valence-corrected chi connectivity index (χ2v) is 5.35. The maximum Gasteiger partial charge on any atom is 0.176 e. The Balaban J connectivity index is 5.97. The van der Waals surface area contributed by atoms with Gasteiger partial charge in [0.25, 0.3) is 0 Å². The zero-order chi connectivity index (χ0) is 16.6. The number of aliphatic imine (C=N–C) groups is 1. The van der Waals surface area contributed by atoms with E-state index in [-0.39, 0.29) is 11.3 Å². The summed E-state index contributed by atoms with van der Waals surface area (Å²) in [6.45, 7) is 17.2. The van der Waals surface area contributed by atoms with Crippen LogP contribution in [-0.2, 0) is 4.79 Å². The van der Waals surface area contributed by atoms with E-state index in [1.54, 1.807) is 13.1 Å². The van der Waals surface area contributed by atoms with Gasteiger partial charge in [0.05, 0.1) is 17.6 Å². The smallest absolute Gasteiger partial charge is 0.176 e. The number of nitrogens with zero attached hydrogens (tertiary/aromatic N) is 3. The molecule has 4 nitrogen and oxygen atoms in total. The third-order valence-corrected chi connectivity index (χ3v) is 4.25. The van der Waals surface area contributed by atoms with E-state index >= 15 is 0 Å². The van der Waals surface area contributed by atoms with Crippen molar-refractivity contribution >= 4 is 12.1 Å². The number of carbonyl (C=O) groups excluding carboxylic acids is 1. The van der Waals surface area contributed by atoms with E-state index in [0.29, 0.717) is 0 Å². The molecule has 1 atom stereocenters. The molecule has 0 radical (unpaired) electrons. The minimum absolute atomic E-state index is 0.0646. The molecular formula is C17H31N3O. The number of hydrogen-bond donors (Lipinski definition) is 0. The molecule has 0 aliphatic carbocycles. The highest BCUT2D eigenvalue weighted by Crippen LogP contribution is 2.30. The third kappa shape index (κ3) is 4.45. The Morgan fingerprint density at radius 2 is 1.86 bits per heavy atom. The van der Waals surface area contributed by atoms with Gasteiger partial charge in [-0.15, -0.1) is 0 Å². The first-order chi connectivity index (χ1) is 9.79. The first kappa shape index (κ1) is 19.4. The first-order valence-electron chi connectivity index (χ1n) is 7.64. The Morgan fingerprint density at radius 1 is 1.29 bits per heavy atom. The minimum atomic E-state index is -0.254. The van der Waals surface area contributed by atoms with Gasteiger partial charge in [0.2, 0.25) is 0 Å². The van der Waals surface area contributed by atoms with Gasteiger partial charge in [-0.3, -0.25) is 9.79 Å². The van der Waals surface area contributed by atoms with Crippen LogP contribution in [0.4, 0.5) is 0 Å². The van der Waals surface area contributed by atoms with Gasteiger partial charge in [0.1, 0.15) is 0 Å². The van der Waals surface area contributed by atoms with E-state index in [2.05, 4.69) is 30.3 Å². The lowest BCUT2D eigenvalue weighted by atomic mass is 9.86. The summed E-state index contributed by atoms with van der Waals surface area (Å²) in [5.41, 5.74) is 1.52. The highest BCUT2D eigenvalue weighted by atomic mass is 16.1. The molecule has 0 unspecified atom stereocenters. The van der Waals surface area contributed by atoms with Gasteiger partial charge in [-0.25, -0.2) is 0 Å². The van der Waals surface area contributed by atoms with E-state index in [4.69, 9.17) is 0 Å². The fourth-order valence-corrected chi connectivity index (χ4v) is 2.43. The lowest BCUT2D eigenvalue weighted by Crippen LogP contribution is -2.45. The zero-order valence-electron chi connectivity index (χ0n) is 14.7. The summed E-state index contributed by atoms with van der Waals surface area (Å²) in [5, 5.41) is 0. The Labute approximate surface area is 130 Å². The Kier molecular flexibility index (Phi) is 8.00. The Bertz CT molecular complexity index is 426. The molecule has 0 aromatic carbocycles. The maximum absolute atomic E-state index is 12.1. The summed E-state index contributed by atoms with van der Waals surface area (Å²) < 4.78 is 0. The topological polar surface area (TPSA) is 35.9 Å². The van der Waals surface area contributed by atoms with Gasteiger partial charge in [0, 0.05) is 27.1 Å². The van der Waals surface area contributed by atoms with Crippen molar-refractivity contribution in [1.29, 1.82) is 0 Å². The van der Waals surface area contributed by atoms with Gasteiger partial charge in [-0.05, 0) is 45.9 Å². The van der Waals surface area contributed by atoms with Crippen LogP contribution in [0.5, 0.6) is 0 Å². The lowest BCUT2D eigenvalue weighted by molar-refractivity contribution is -0.114. The standard InChI is InChI=1S/C17H31N3O/c1-9-17(7,19(8)13-18-10-2)14(5)16(15(6)21)20(11-3)12-4/h11,13H,3,9-10,12H2,1-2,4-8H3/b16-14-,18-13-/t17-/m1/s1. The van der Waals surface area contributed by atoms with E-state index in [0.717, 1.165) is 30.8 Å². The summed E-state index contributed by atoms with van der Waals surface area (Å²) in [5.74, 6) is 0.0646. The highest BCUT2D eigenvalue weighted by Gasteiger charge is 2.32. The van der Waals surface area contributed by atoms with Gasteiger partial charge >= 0.3 is 0 Å². The molecule has 0 aromatic rings. The molecule has 0 aliphatic rings. The van der Waals surface area contributed by atoms with Crippen LogP contribution in [0.15, 0.2) is 29.0 Å². The van der Waals surface area contributed by atoms with E-state index in [9.17, 15) is 4.79 Å². The summed E-state index contributed by atoms with van der Waals surface area (Å²) in [7, 11) is 2.01. The molecule has 4 heteroatoms. The summed E-state index contributed by atoms with van der Waals surface area (Å²) in [6, 6.07) is 0. The van der Waals surface area contributed by atoms with Crippen LogP contribution in [-0.4, -0.2) is 47.6 Å². The number of rotatable bonds is 9. The largest absolute Gasteiger partial charge is 0.357 e. The first-order valence-corrected chi connectivity index (χ1v) is 7.64. The second-order valence-electron chi connectivity index (χ2n) is 5.35. The van der Waals surface area contributed by atoms with Gasteiger partial charge in [0.15, 0.2) is 5.78 Å². The van der Waals surface area contributed by atoms with Crippen LogP contribution in [0, 0.1) is 0 Å². The van der Waals surface area contributed by atoms with Crippen molar-refractivity contribution in [2.75, 3.05) is 20.1 Å². The number of likely N-dealkylation sites (N-methyl/N-ethyl adjacent to an activating group) is 2. The Morgan fingerprint density at radius 3 is 2.19 bits per heavy atom. The van der Waals surface area contributed by atoms with Crippen molar-refractivity contribution < 1.29 is 4.79 Å². The average Bonchev–Trinajstić information content (AvgIpc) is 2.47. The summed E-state index contributed by atoms with van der Waals surface area (Å²) in [6.07, 6.45) is 4.46. The average molecular weight is 293 g/mol. The molecule has 0 bridgehead atoms. The highest BCUT2D eigenvalue weighted by molar-refractivity contribution is 5.94. The molecule has 0 N–H and O–H groups in total. The number of Topliss-reactive ketones (excluding diaryl/α,β-unsaturated/α-hetero) is 1. The molecule has 0 aliphatic heterocycles. The second kappa shape index (κ2) is 8.65. The monoisotopic (exact) mass is 293 g/mol. The molecule has 0 heterocycles. The number of carbonyl (C=O) groups is 1. The van der Waals surface area contributed by atoms with Crippen molar-refractivity contribution in [2.24, 2.45) is 4.99 Å². The molecule has 0 rings (SSSR count). The Hall–Kier alpha value is -1.58. The van der Waals surface area contributed by atoms with E-state index in [1.165, 1.54) is 0 Å². The molecule has 0 saturated carbocycles. The molecule has 0 amide bonds. The fourth-order valence-electron chi connectivity index (χ4n) is 2.43. The molecule has 0 spiro atoms. The molecule has 0 aromatic heterocycles. The molecule has 120 valence electrons. The van der Waals surface area contributed by atoms with Gasteiger partial charge in [-0.1, -0.05) is 13.5 Å². The van der Waals surface area contributed by atoms with Crippen LogP contribution in [0.1, 0.15) is 48.0 Å². The molecule has 21 heavy (non-hydrogen) atoms. The molecular weight excluding hydrogens is 262 g/mol. The number of allylic oxidation sites excluding steroid dienone is 1. The van der Waals surface area contributed by atoms with Gasteiger partial charge in [-0.2, -0.15) is 0 Å². The van der Waals surface area contributed by atoms with E-state index < -0.39 is 0 Å². The minimum Gasteiger partial charge on any atom is -0.357 e. The molecule has 0 saturated heterocycles. The number of ketones is 1. The normalized spacial score (nSPS) is 15.4. The van der Waals surface area contributed by atoms with Crippen LogP contribution in [0.2, 0.25) is 0 Å². The number of hydrogen-bond acceptors (Lipinski definition) is 3. The van der Waals surface area contributed by atoms with E-state index in [1.807, 2.05) is 39.1 Å². The van der Waals surface area contributed by atoms with Crippen LogP contribution < -0.4 is 0 Å². The van der Waals surface area contributed by atoms with Crippen LogP contribution in [0.3, 0.4) is 0 Å². The lowest BCUT2D eigenvalue weighted by Gasteiger charge is -2.40. The predicted molar refractivity (Wildman–Crippen MR) is 91.5 cm³/mol. The quantitative estimate of drug-likeness (QED) is 0.371. The fraction of sp³-hybridized carbons (Fsp3) is 0.647.